The molecule has 0 bridgehead atoms. The van der Waals surface area contributed by atoms with Crippen LogP contribution in [0, 0.1) is 0 Å². The maximum absolute atomic E-state index is 6.25. The molecule has 4 atom stereocenters. The quantitative estimate of drug-likeness (QED) is 0.683. The summed E-state index contributed by atoms with van der Waals surface area (Å²) in [7, 11) is 0. The number of hydrogen-bond donors (Lipinski definition) is 2. The Morgan fingerprint density at radius 3 is 2.76 bits per heavy atom. The predicted octanol–water partition coefficient (Wildman–Crippen LogP) is 2.06. The van der Waals surface area contributed by atoms with Gasteiger partial charge in [-0.05, 0) is 31.5 Å². The van der Waals surface area contributed by atoms with Gasteiger partial charge in [0.15, 0.2) is 11.6 Å². The van der Waals surface area contributed by atoms with Crippen LogP contribution in [0.15, 0.2) is 48.8 Å². The SMILES string of the molecule is CC1(C)O[C@@H]2[C@H](O1)[C@@H](COCc1ccccc1)N[C@H]2c1ccc2c(N)ncnn12. The maximum Gasteiger partial charge on any atom is 0.163 e. The van der Waals surface area contributed by atoms with E-state index in [9.17, 15) is 0 Å². The Labute approximate surface area is 169 Å². The van der Waals surface area contributed by atoms with Gasteiger partial charge in [0.1, 0.15) is 24.1 Å². The lowest BCUT2D eigenvalue weighted by Crippen LogP contribution is -2.39. The molecule has 29 heavy (non-hydrogen) atoms. The number of nitrogens with zero attached hydrogens (tertiary/aromatic N) is 3. The molecule has 0 aliphatic carbocycles. The third kappa shape index (κ3) is 3.38. The third-order valence-corrected chi connectivity index (χ3v) is 5.52. The minimum Gasteiger partial charge on any atom is -0.382 e. The van der Waals surface area contributed by atoms with E-state index in [0.717, 1.165) is 16.8 Å². The van der Waals surface area contributed by atoms with Crippen molar-refractivity contribution in [1.29, 1.82) is 0 Å². The molecule has 1 aromatic carbocycles. The van der Waals surface area contributed by atoms with Gasteiger partial charge in [-0.2, -0.15) is 5.10 Å². The third-order valence-electron chi connectivity index (χ3n) is 5.52. The molecule has 2 aromatic heterocycles. The fraction of sp³-hybridized carbons (Fsp3) is 0.429. The highest BCUT2D eigenvalue weighted by atomic mass is 16.8. The van der Waals surface area contributed by atoms with E-state index in [4.69, 9.17) is 19.9 Å². The number of fused-ring (bicyclic) bond motifs is 2. The van der Waals surface area contributed by atoms with Crippen LogP contribution in [0.4, 0.5) is 5.82 Å². The van der Waals surface area contributed by atoms with Crippen molar-refractivity contribution in [3.63, 3.8) is 0 Å². The molecule has 0 unspecified atom stereocenters. The maximum atomic E-state index is 6.25. The molecule has 4 heterocycles. The van der Waals surface area contributed by atoms with E-state index in [1.807, 2.05) is 48.7 Å². The average molecular weight is 395 g/mol. The van der Waals surface area contributed by atoms with Gasteiger partial charge in [0, 0.05) is 0 Å². The van der Waals surface area contributed by atoms with Crippen LogP contribution in [0.5, 0.6) is 0 Å². The fourth-order valence-corrected chi connectivity index (χ4v) is 4.29. The molecule has 2 aliphatic rings. The van der Waals surface area contributed by atoms with E-state index in [1.165, 1.54) is 6.33 Å². The van der Waals surface area contributed by atoms with E-state index < -0.39 is 5.79 Å². The lowest BCUT2D eigenvalue weighted by atomic mass is 10.1. The Morgan fingerprint density at radius 1 is 1.14 bits per heavy atom. The summed E-state index contributed by atoms with van der Waals surface area (Å²) in [6.45, 7) is 4.97. The molecule has 0 radical (unpaired) electrons. The number of anilines is 1. The number of nitrogens with two attached hydrogens (primary N) is 1. The van der Waals surface area contributed by atoms with Crippen LogP contribution in [-0.2, 0) is 20.8 Å². The zero-order valence-corrected chi connectivity index (χ0v) is 16.5. The molecule has 0 amide bonds. The lowest BCUT2D eigenvalue weighted by molar-refractivity contribution is -0.158. The minimum atomic E-state index is -0.644. The van der Waals surface area contributed by atoms with Gasteiger partial charge < -0.3 is 19.9 Å². The van der Waals surface area contributed by atoms with Crippen LogP contribution in [-0.4, -0.2) is 45.2 Å². The van der Waals surface area contributed by atoms with E-state index in [-0.39, 0.29) is 24.3 Å². The summed E-state index contributed by atoms with van der Waals surface area (Å²) < 4.78 is 20.3. The zero-order valence-electron chi connectivity index (χ0n) is 16.5. The van der Waals surface area contributed by atoms with Crippen molar-refractivity contribution < 1.29 is 14.2 Å². The molecule has 5 rings (SSSR count). The van der Waals surface area contributed by atoms with Crippen molar-refractivity contribution in [2.75, 3.05) is 12.3 Å². The molecule has 152 valence electrons. The molecule has 2 fully saturated rings. The number of hydrogen-bond acceptors (Lipinski definition) is 7. The van der Waals surface area contributed by atoms with Gasteiger partial charge in [0.05, 0.1) is 31.0 Å². The average Bonchev–Trinajstić information content (AvgIpc) is 3.35. The number of nitrogen functional groups attached to an aromatic ring is 1. The van der Waals surface area contributed by atoms with Crippen LogP contribution in [0.1, 0.15) is 31.1 Å². The van der Waals surface area contributed by atoms with Gasteiger partial charge in [-0.1, -0.05) is 30.3 Å². The molecular formula is C21H25N5O3. The highest BCUT2D eigenvalue weighted by Crippen LogP contribution is 2.42. The smallest absolute Gasteiger partial charge is 0.163 e. The summed E-state index contributed by atoms with van der Waals surface area (Å²) >= 11 is 0. The first kappa shape index (κ1) is 18.5. The van der Waals surface area contributed by atoms with Gasteiger partial charge in [-0.3, -0.25) is 5.32 Å². The summed E-state index contributed by atoms with van der Waals surface area (Å²) in [5, 5.41) is 8.02. The van der Waals surface area contributed by atoms with Crippen molar-refractivity contribution in [1.82, 2.24) is 19.9 Å². The van der Waals surface area contributed by atoms with Gasteiger partial charge in [0.2, 0.25) is 0 Å². The second kappa shape index (κ2) is 7.07. The zero-order chi connectivity index (χ0) is 20.0. The van der Waals surface area contributed by atoms with Gasteiger partial charge in [0.25, 0.3) is 0 Å². The van der Waals surface area contributed by atoms with Crippen molar-refractivity contribution in [3.8, 4) is 0 Å². The first-order valence-electron chi connectivity index (χ1n) is 9.83. The first-order chi connectivity index (χ1) is 14.0. The molecule has 0 spiro atoms. The van der Waals surface area contributed by atoms with Gasteiger partial charge >= 0.3 is 0 Å². The van der Waals surface area contributed by atoms with E-state index >= 15 is 0 Å². The Balaban J connectivity index is 1.38. The molecule has 2 aliphatic heterocycles. The topological polar surface area (TPSA) is 95.9 Å². The molecule has 8 heteroatoms. The molecule has 0 saturated carbocycles. The van der Waals surface area contributed by atoms with E-state index in [1.54, 1.807) is 0 Å². The monoisotopic (exact) mass is 395 g/mol. The molecule has 3 N–H and O–H groups in total. The Morgan fingerprint density at radius 2 is 1.93 bits per heavy atom. The standard InChI is InChI=1S/C21H25N5O3/c1-21(2)28-18-14(11-27-10-13-6-4-3-5-7-13)25-17(19(18)29-21)15-8-9-16-20(22)23-12-24-26(15)16/h3-9,12,14,17-19,25H,10-11H2,1-2H3,(H2,22,23,24)/t14-,17+,18-,19+/m1/s1. The van der Waals surface area contributed by atoms with E-state index in [0.29, 0.717) is 19.0 Å². The van der Waals surface area contributed by atoms with Crippen molar-refractivity contribution in [2.45, 2.75) is 50.5 Å². The van der Waals surface area contributed by atoms with Crippen LogP contribution in [0.3, 0.4) is 0 Å². The van der Waals surface area contributed by atoms with Crippen molar-refractivity contribution in [2.24, 2.45) is 0 Å². The Kier molecular flexibility index (Phi) is 4.51. The number of ether oxygens (including phenoxy) is 3. The Bertz CT molecular complexity index is 1010. The van der Waals surface area contributed by atoms with Gasteiger partial charge in [-0.15, -0.1) is 0 Å². The second-order valence-corrected chi connectivity index (χ2v) is 8.02. The molecule has 2 saturated heterocycles. The largest absolute Gasteiger partial charge is 0.382 e. The summed E-state index contributed by atoms with van der Waals surface area (Å²) in [6.07, 6.45) is 1.20. The molecule has 3 aromatic rings. The summed E-state index contributed by atoms with van der Waals surface area (Å²) in [5.41, 5.74) is 8.89. The predicted molar refractivity (Wildman–Crippen MR) is 107 cm³/mol. The number of benzene rings is 1. The van der Waals surface area contributed by atoms with Crippen LogP contribution >= 0.6 is 0 Å². The second-order valence-electron chi connectivity index (χ2n) is 8.02. The van der Waals surface area contributed by atoms with Crippen LogP contribution in [0.2, 0.25) is 0 Å². The van der Waals surface area contributed by atoms with Crippen molar-refractivity contribution in [3.05, 3.63) is 60.0 Å². The van der Waals surface area contributed by atoms with Gasteiger partial charge in [-0.25, -0.2) is 9.50 Å². The number of aromatic nitrogens is 3. The van der Waals surface area contributed by atoms with Crippen molar-refractivity contribution >= 4 is 11.3 Å². The summed E-state index contributed by atoms with van der Waals surface area (Å²) in [4.78, 5) is 4.07. The minimum absolute atomic E-state index is 0.000205. The first-order valence-corrected chi connectivity index (χ1v) is 9.83. The van der Waals surface area contributed by atoms with E-state index in [2.05, 4.69) is 27.5 Å². The molecular weight excluding hydrogens is 370 g/mol. The van der Waals surface area contributed by atoms with Crippen LogP contribution < -0.4 is 11.1 Å². The summed E-state index contributed by atoms with van der Waals surface area (Å²) in [6, 6.07) is 14.0. The summed E-state index contributed by atoms with van der Waals surface area (Å²) in [5.74, 6) is -0.193. The fourth-order valence-electron chi connectivity index (χ4n) is 4.29. The van der Waals surface area contributed by atoms with Crippen LogP contribution in [0.25, 0.3) is 5.52 Å². The number of nitrogens with one attached hydrogen (secondary N) is 1. The molecule has 8 nitrogen and oxygen atoms in total. The highest BCUT2D eigenvalue weighted by Gasteiger charge is 2.54. The lowest BCUT2D eigenvalue weighted by Gasteiger charge is -2.24. The Hall–Kier alpha value is -2.52. The number of rotatable bonds is 5. The normalized spacial score (nSPS) is 28.1. The highest BCUT2D eigenvalue weighted by molar-refractivity contribution is 5.65.